The predicted octanol–water partition coefficient (Wildman–Crippen LogP) is 0.115. The number of nitrogens with two attached hydrogens (primary N) is 1. The highest BCUT2D eigenvalue weighted by Gasteiger charge is 2.22. The Morgan fingerprint density at radius 3 is 2.82 bits per heavy atom. The van der Waals surface area contributed by atoms with Crippen molar-refractivity contribution in [3.63, 3.8) is 0 Å². The molecule has 0 aromatic rings. The van der Waals surface area contributed by atoms with Crippen LogP contribution in [0.1, 0.15) is 0 Å². The summed E-state index contributed by atoms with van der Waals surface area (Å²) in [7, 11) is 0. The van der Waals surface area contributed by atoms with Crippen molar-refractivity contribution in [2.75, 3.05) is 0 Å². The fraction of sp³-hybridized carbons (Fsp3) is 0.200. The summed E-state index contributed by atoms with van der Waals surface area (Å²) in [4.78, 5) is 9.60. The maximum Gasteiger partial charge on any atom is 0.284 e. The Morgan fingerprint density at radius 1 is 1.82 bits per heavy atom. The van der Waals surface area contributed by atoms with Gasteiger partial charge in [0.25, 0.3) is 5.70 Å². The number of hydrogen-bond acceptors (Lipinski definition) is 4. The first-order chi connectivity index (χ1) is 5.01. The van der Waals surface area contributed by atoms with Gasteiger partial charge in [0, 0.05) is 6.08 Å². The molecule has 0 aromatic heterocycles. The van der Waals surface area contributed by atoms with E-state index in [9.17, 15) is 10.1 Å². The summed E-state index contributed by atoms with van der Waals surface area (Å²) in [5.41, 5.74) is 5.28. The lowest BCUT2D eigenvalue weighted by Crippen LogP contribution is -2.45. The molecule has 0 fully saturated rings. The van der Waals surface area contributed by atoms with Crippen molar-refractivity contribution >= 4 is 11.6 Å². The maximum atomic E-state index is 10.1. The second kappa shape index (κ2) is 2.52. The third-order valence-corrected chi connectivity index (χ3v) is 1.38. The van der Waals surface area contributed by atoms with E-state index in [0.717, 1.165) is 6.20 Å². The first-order valence-electron chi connectivity index (χ1n) is 2.80. The average molecular weight is 176 g/mol. The highest BCUT2D eigenvalue weighted by atomic mass is 35.5. The van der Waals surface area contributed by atoms with E-state index >= 15 is 0 Å². The molecule has 6 heteroatoms. The van der Waals surface area contributed by atoms with Crippen LogP contribution in [0.4, 0.5) is 0 Å². The lowest BCUT2D eigenvalue weighted by atomic mass is 10.3. The van der Waals surface area contributed by atoms with Crippen molar-refractivity contribution in [2.24, 2.45) is 5.73 Å². The molecule has 1 unspecified atom stereocenters. The highest BCUT2D eigenvalue weighted by molar-refractivity contribution is 6.24. The smallest absolute Gasteiger partial charge is 0.284 e. The summed E-state index contributed by atoms with van der Waals surface area (Å²) >= 11 is 5.55. The summed E-state index contributed by atoms with van der Waals surface area (Å²) in [5, 5.41) is 11.4. The van der Waals surface area contributed by atoms with Crippen LogP contribution < -0.4 is 11.1 Å². The molecule has 1 aliphatic heterocycles. The van der Waals surface area contributed by atoms with Crippen molar-refractivity contribution in [1.29, 1.82) is 0 Å². The molecule has 0 saturated carbocycles. The standard InChI is InChI=1S/C5H6ClN3O2/c6-5(7)2-1-4(3-8-5)9(10)11/h1-3,8H,7H2. The van der Waals surface area contributed by atoms with Gasteiger partial charge in [-0.1, -0.05) is 11.6 Å². The van der Waals surface area contributed by atoms with Gasteiger partial charge in [-0.2, -0.15) is 0 Å². The Hall–Kier alpha value is -1.07. The molecular weight excluding hydrogens is 170 g/mol. The summed E-state index contributed by atoms with van der Waals surface area (Å²) in [5.74, 6) is 0. The van der Waals surface area contributed by atoms with Crippen LogP contribution >= 0.6 is 11.6 Å². The molecule has 0 amide bonds. The Labute approximate surface area is 67.7 Å². The van der Waals surface area contributed by atoms with Crippen LogP contribution in [-0.4, -0.2) is 10.0 Å². The number of dihydropyridines is 1. The molecule has 11 heavy (non-hydrogen) atoms. The second-order valence-electron chi connectivity index (χ2n) is 2.07. The molecule has 0 bridgehead atoms. The van der Waals surface area contributed by atoms with E-state index in [1.165, 1.54) is 12.2 Å². The molecule has 0 spiro atoms. The normalized spacial score (nSPS) is 29.1. The van der Waals surface area contributed by atoms with Crippen LogP contribution in [0.5, 0.6) is 0 Å². The van der Waals surface area contributed by atoms with Gasteiger partial charge in [0.1, 0.15) is 0 Å². The Morgan fingerprint density at radius 2 is 2.45 bits per heavy atom. The Balaban J connectivity index is 2.75. The highest BCUT2D eigenvalue weighted by Crippen LogP contribution is 2.12. The molecular formula is C5H6ClN3O2. The maximum absolute atomic E-state index is 10.1. The molecule has 3 N–H and O–H groups in total. The van der Waals surface area contributed by atoms with Gasteiger partial charge in [0.15, 0.2) is 5.12 Å². The summed E-state index contributed by atoms with van der Waals surface area (Å²) in [6, 6.07) is 0. The fourth-order valence-electron chi connectivity index (χ4n) is 0.601. The fourth-order valence-corrected chi connectivity index (χ4v) is 0.719. The first-order valence-corrected chi connectivity index (χ1v) is 3.18. The molecule has 1 aliphatic rings. The van der Waals surface area contributed by atoms with Gasteiger partial charge >= 0.3 is 0 Å². The number of nitrogens with one attached hydrogen (secondary N) is 1. The predicted molar refractivity (Wildman–Crippen MR) is 40.1 cm³/mol. The minimum atomic E-state index is -1.19. The van der Waals surface area contributed by atoms with Gasteiger partial charge in [0.05, 0.1) is 11.1 Å². The summed E-state index contributed by atoms with van der Waals surface area (Å²) in [6.45, 7) is 0. The third-order valence-electron chi connectivity index (χ3n) is 1.15. The van der Waals surface area contributed by atoms with Crippen molar-refractivity contribution in [3.05, 3.63) is 34.2 Å². The van der Waals surface area contributed by atoms with E-state index in [-0.39, 0.29) is 5.70 Å². The van der Waals surface area contributed by atoms with Crippen molar-refractivity contribution < 1.29 is 4.92 Å². The minimum Gasteiger partial charge on any atom is -0.352 e. The van der Waals surface area contributed by atoms with Gasteiger partial charge in [-0.05, 0) is 6.08 Å². The van der Waals surface area contributed by atoms with Crippen molar-refractivity contribution in [1.82, 2.24) is 5.32 Å². The largest absolute Gasteiger partial charge is 0.352 e. The van der Waals surface area contributed by atoms with Crippen LogP contribution in [-0.2, 0) is 0 Å². The van der Waals surface area contributed by atoms with Gasteiger partial charge in [-0.15, -0.1) is 0 Å². The van der Waals surface area contributed by atoms with E-state index in [0.29, 0.717) is 0 Å². The molecule has 1 rings (SSSR count). The van der Waals surface area contributed by atoms with Gasteiger partial charge in [-0.25, -0.2) is 0 Å². The van der Waals surface area contributed by atoms with Crippen LogP contribution in [0.3, 0.4) is 0 Å². The monoisotopic (exact) mass is 175 g/mol. The quantitative estimate of drug-likeness (QED) is 0.257. The van der Waals surface area contributed by atoms with Gasteiger partial charge in [-0.3, -0.25) is 15.8 Å². The van der Waals surface area contributed by atoms with Gasteiger partial charge < -0.3 is 5.32 Å². The second-order valence-corrected chi connectivity index (χ2v) is 2.70. The summed E-state index contributed by atoms with van der Waals surface area (Å²) < 4.78 is 0. The SMILES string of the molecule is NC1(Cl)C=CC([N+](=O)[O-])=CN1. The van der Waals surface area contributed by atoms with E-state index in [1.807, 2.05) is 0 Å². The van der Waals surface area contributed by atoms with Gasteiger partial charge in [0.2, 0.25) is 0 Å². The lowest BCUT2D eigenvalue weighted by molar-refractivity contribution is -0.419. The summed E-state index contributed by atoms with van der Waals surface area (Å²) in [6.07, 6.45) is 3.73. The molecule has 5 nitrogen and oxygen atoms in total. The zero-order chi connectivity index (χ0) is 8.48. The van der Waals surface area contributed by atoms with Crippen molar-refractivity contribution in [3.8, 4) is 0 Å². The zero-order valence-corrected chi connectivity index (χ0v) is 6.21. The van der Waals surface area contributed by atoms with E-state index < -0.39 is 10.0 Å². The molecule has 0 radical (unpaired) electrons. The Kier molecular flexibility index (Phi) is 1.84. The van der Waals surface area contributed by atoms with E-state index in [2.05, 4.69) is 5.32 Å². The van der Waals surface area contributed by atoms with Crippen LogP contribution in [0.15, 0.2) is 24.0 Å². The molecule has 0 aliphatic carbocycles. The number of halogens is 1. The number of hydrogen-bond donors (Lipinski definition) is 2. The number of nitrogens with zero attached hydrogens (tertiary/aromatic N) is 1. The number of rotatable bonds is 1. The molecule has 0 aromatic carbocycles. The number of nitro groups is 1. The average Bonchev–Trinajstić information content (AvgIpc) is 1.86. The molecule has 60 valence electrons. The van der Waals surface area contributed by atoms with Crippen LogP contribution in [0.2, 0.25) is 0 Å². The molecule has 0 saturated heterocycles. The Bertz CT molecular complexity index is 246. The van der Waals surface area contributed by atoms with Crippen LogP contribution in [0, 0.1) is 10.1 Å². The topological polar surface area (TPSA) is 81.2 Å². The van der Waals surface area contributed by atoms with E-state index in [1.54, 1.807) is 0 Å². The van der Waals surface area contributed by atoms with Crippen LogP contribution in [0.25, 0.3) is 0 Å². The van der Waals surface area contributed by atoms with E-state index in [4.69, 9.17) is 17.3 Å². The third kappa shape index (κ3) is 1.92. The molecule has 1 atom stereocenters. The zero-order valence-electron chi connectivity index (χ0n) is 5.45. The molecule has 1 heterocycles. The number of alkyl halides is 1. The first kappa shape index (κ1) is 8.03. The lowest BCUT2D eigenvalue weighted by Gasteiger charge is -2.19. The van der Waals surface area contributed by atoms with Crippen molar-refractivity contribution in [2.45, 2.75) is 5.12 Å². The number of allylic oxidation sites excluding steroid dienone is 1. The minimum absolute atomic E-state index is 0.0632.